The van der Waals surface area contributed by atoms with Crippen molar-refractivity contribution in [3.05, 3.63) is 124 Å². The third kappa shape index (κ3) is 6.72. The summed E-state index contributed by atoms with van der Waals surface area (Å²) in [6.45, 7) is 3.85. The van der Waals surface area contributed by atoms with Crippen molar-refractivity contribution in [2.24, 2.45) is 0 Å². The highest BCUT2D eigenvalue weighted by Gasteiger charge is 2.30. The Kier molecular flexibility index (Phi) is 8.02. The molecular formula is C31H27F3N4O3. The number of nitrogens with one attached hydrogen (secondary N) is 1. The highest BCUT2D eigenvalue weighted by molar-refractivity contribution is 6.08. The summed E-state index contributed by atoms with van der Waals surface area (Å²) in [5, 5.41) is 13.9. The normalized spacial score (nSPS) is 14.1. The van der Waals surface area contributed by atoms with Crippen molar-refractivity contribution in [3.8, 4) is 11.1 Å². The molecule has 0 aromatic heterocycles. The van der Waals surface area contributed by atoms with Gasteiger partial charge >= 0.3 is 6.18 Å². The maximum atomic E-state index is 13.1. The minimum atomic E-state index is -4.43. The Hall–Kier alpha value is -4.70. The SMILES string of the molecule is O=C(Nc1ccc(N2CCN(Cc3cccc([N+](=O)[O-])c3)CC2)cc1)c1ccccc1-c1ccc(C(F)(F)F)cc1. The number of hydrogen-bond acceptors (Lipinski definition) is 5. The molecule has 10 heteroatoms. The second-order valence-electron chi connectivity index (χ2n) is 9.81. The molecule has 1 amide bonds. The molecule has 0 saturated carbocycles. The lowest BCUT2D eigenvalue weighted by Gasteiger charge is -2.36. The van der Waals surface area contributed by atoms with Gasteiger partial charge < -0.3 is 10.2 Å². The minimum Gasteiger partial charge on any atom is -0.369 e. The Morgan fingerprint density at radius 2 is 1.54 bits per heavy atom. The van der Waals surface area contributed by atoms with E-state index in [1.807, 2.05) is 30.3 Å². The Morgan fingerprint density at radius 1 is 0.854 bits per heavy atom. The van der Waals surface area contributed by atoms with Gasteiger partial charge in [-0.2, -0.15) is 13.2 Å². The summed E-state index contributed by atoms with van der Waals surface area (Å²) in [6, 6.07) is 25.8. The van der Waals surface area contributed by atoms with Crippen molar-refractivity contribution in [1.29, 1.82) is 0 Å². The first kappa shape index (κ1) is 27.9. The fraction of sp³-hybridized carbons (Fsp3) is 0.194. The second-order valence-corrected chi connectivity index (χ2v) is 9.81. The number of benzene rings is 4. The molecule has 4 aromatic rings. The first-order chi connectivity index (χ1) is 19.7. The molecule has 0 aliphatic carbocycles. The smallest absolute Gasteiger partial charge is 0.369 e. The van der Waals surface area contributed by atoms with Crippen molar-refractivity contribution < 1.29 is 22.9 Å². The minimum absolute atomic E-state index is 0.0939. The van der Waals surface area contributed by atoms with Crippen molar-refractivity contribution in [1.82, 2.24) is 4.90 Å². The Labute approximate surface area is 235 Å². The lowest BCUT2D eigenvalue weighted by molar-refractivity contribution is -0.384. The van der Waals surface area contributed by atoms with Crippen LogP contribution in [0.3, 0.4) is 0 Å². The van der Waals surface area contributed by atoms with E-state index >= 15 is 0 Å². The highest BCUT2D eigenvalue weighted by atomic mass is 19.4. The molecule has 41 heavy (non-hydrogen) atoms. The summed E-state index contributed by atoms with van der Waals surface area (Å²) in [5.41, 5.74) is 3.29. The standard InChI is InChI=1S/C31H27F3N4O3/c32-31(33,34)24-10-8-23(9-11-24)28-6-1-2-7-29(28)30(39)35-25-12-14-26(15-13-25)37-18-16-36(17-19-37)21-22-4-3-5-27(20-22)38(40)41/h1-15,20H,16-19,21H2,(H,35,39). The molecule has 0 unspecified atom stereocenters. The Balaban J connectivity index is 1.19. The predicted molar refractivity (Wildman–Crippen MR) is 152 cm³/mol. The molecule has 0 bridgehead atoms. The van der Waals surface area contributed by atoms with Crippen LogP contribution in [-0.4, -0.2) is 41.9 Å². The second kappa shape index (κ2) is 11.8. The highest BCUT2D eigenvalue weighted by Crippen LogP contribution is 2.32. The van der Waals surface area contributed by atoms with Crippen LogP contribution in [0.15, 0.2) is 97.1 Å². The number of alkyl halides is 3. The molecule has 4 aromatic carbocycles. The number of anilines is 2. The quantitative estimate of drug-likeness (QED) is 0.198. The van der Waals surface area contributed by atoms with E-state index in [1.165, 1.54) is 18.2 Å². The molecule has 0 spiro atoms. The van der Waals surface area contributed by atoms with Gasteiger partial charge in [-0.05, 0) is 59.2 Å². The molecule has 1 N–H and O–H groups in total. The molecule has 0 atom stereocenters. The first-order valence-corrected chi connectivity index (χ1v) is 13.1. The number of rotatable bonds is 7. The summed E-state index contributed by atoms with van der Waals surface area (Å²) in [6.07, 6.45) is -4.43. The van der Waals surface area contributed by atoms with E-state index in [-0.39, 0.29) is 16.5 Å². The lowest BCUT2D eigenvalue weighted by Crippen LogP contribution is -2.45. The molecule has 210 valence electrons. The van der Waals surface area contributed by atoms with Crippen molar-refractivity contribution in [3.63, 3.8) is 0 Å². The number of piperazine rings is 1. The van der Waals surface area contributed by atoms with E-state index in [0.717, 1.165) is 49.6 Å². The van der Waals surface area contributed by atoms with Gasteiger partial charge in [-0.1, -0.05) is 42.5 Å². The molecule has 1 heterocycles. The summed E-state index contributed by atoms with van der Waals surface area (Å²) in [7, 11) is 0. The van der Waals surface area contributed by atoms with E-state index in [4.69, 9.17) is 0 Å². The molecule has 1 aliphatic rings. The van der Waals surface area contributed by atoms with Gasteiger partial charge in [-0.25, -0.2) is 0 Å². The van der Waals surface area contributed by atoms with Crippen molar-refractivity contribution in [2.75, 3.05) is 36.4 Å². The zero-order valence-electron chi connectivity index (χ0n) is 22.0. The average molecular weight is 561 g/mol. The van der Waals surface area contributed by atoms with Crippen LogP contribution in [-0.2, 0) is 12.7 Å². The molecular weight excluding hydrogens is 533 g/mol. The van der Waals surface area contributed by atoms with Crippen LogP contribution in [0.4, 0.5) is 30.2 Å². The number of halogens is 3. The van der Waals surface area contributed by atoms with Gasteiger partial charge in [0.2, 0.25) is 0 Å². The number of hydrogen-bond donors (Lipinski definition) is 1. The summed E-state index contributed by atoms with van der Waals surface area (Å²) >= 11 is 0. The third-order valence-corrected chi connectivity index (χ3v) is 7.09. The molecule has 1 saturated heterocycles. The van der Waals surface area contributed by atoms with E-state index in [1.54, 1.807) is 36.4 Å². The van der Waals surface area contributed by atoms with Gasteiger partial charge in [0.1, 0.15) is 0 Å². The number of nitrogens with zero attached hydrogens (tertiary/aromatic N) is 3. The zero-order valence-corrected chi connectivity index (χ0v) is 22.0. The number of carbonyl (C=O) groups is 1. The number of non-ortho nitro benzene ring substituents is 1. The largest absolute Gasteiger partial charge is 0.416 e. The topological polar surface area (TPSA) is 78.7 Å². The fourth-order valence-electron chi connectivity index (χ4n) is 4.92. The summed E-state index contributed by atoms with van der Waals surface area (Å²) in [5.74, 6) is -0.358. The predicted octanol–water partition coefficient (Wildman–Crippen LogP) is 6.86. The van der Waals surface area contributed by atoms with Crippen LogP contribution in [0, 0.1) is 10.1 Å². The maximum absolute atomic E-state index is 13.1. The van der Waals surface area contributed by atoms with Gasteiger partial charge in [-0.15, -0.1) is 0 Å². The lowest BCUT2D eigenvalue weighted by atomic mass is 9.98. The van der Waals surface area contributed by atoms with Gasteiger partial charge in [0.05, 0.1) is 10.5 Å². The van der Waals surface area contributed by atoms with Gasteiger partial charge in [0.25, 0.3) is 11.6 Å². The van der Waals surface area contributed by atoms with Crippen LogP contribution in [0.2, 0.25) is 0 Å². The van der Waals surface area contributed by atoms with Crippen LogP contribution in [0.1, 0.15) is 21.5 Å². The van der Waals surface area contributed by atoms with Gasteiger partial charge in [-0.3, -0.25) is 19.8 Å². The van der Waals surface area contributed by atoms with Crippen molar-refractivity contribution >= 4 is 23.0 Å². The number of carbonyl (C=O) groups excluding carboxylic acids is 1. The first-order valence-electron chi connectivity index (χ1n) is 13.1. The van der Waals surface area contributed by atoms with Crippen LogP contribution < -0.4 is 10.2 Å². The van der Waals surface area contributed by atoms with Crippen LogP contribution in [0.5, 0.6) is 0 Å². The van der Waals surface area contributed by atoms with Crippen molar-refractivity contribution in [2.45, 2.75) is 12.7 Å². The number of amides is 1. The molecule has 7 nitrogen and oxygen atoms in total. The van der Waals surface area contributed by atoms with Gasteiger partial charge in [0.15, 0.2) is 0 Å². The summed E-state index contributed by atoms with van der Waals surface area (Å²) in [4.78, 5) is 28.3. The van der Waals surface area contributed by atoms with Crippen LogP contribution in [0.25, 0.3) is 11.1 Å². The number of nitro groups is 1. The fourth-order valence-corrected chi connectivity index (χ4v) is 4.92. The third-order valence-electron chi connectivity index (χ3n) is 7.09. The van der Waals surface area contributed by atoms with E-state index < -0.39 is 11.7 Å². The van der Waals surface area contributed by atoms with Crippen LogP contribution >= 0.6 is 0 Å². The van der Waals surface area contributed by atoms with E-state index in [2.05, 4.69) is 15.1 Å². The molecule has 0 radical (unpaired) electrons. The average Bonchev–Trinajstić information content (AvgIpc) is 2.98. The molecule has 1 aliphatic heterocycles. The van der Waals surface area contributed by atoms with E-state index in [9.17, 15) is 28.1 Å². The number of nitro benzene ring substituents is 1. The summed E-state index contributed by atoms with van der Waals surface area (Å²) < 4.78 is 38.9. The molecule has 1 fully saturated rings. The van der Waals surface area contributed by atoms with E-state index in [0.29, 0.717) is 28.9 Å². The zero-order chi connectivity index (χ0) is 29.0. The van der Waals surface area contributed by atoms with Gasteiger partial charge in [0, 0.05) is 61.8 Å². The monoisotopic (exact) mass is 560 g/mol. The Bertz CT molecular complexity index is 1530. The molecule has 5 rings (SSSR count). The Morgan fingerprint density at radius 3 is 2.20 bits per heavy atom. The maximum Gasteiger partial charge on any atom is 0.416 e.